The molecule has 1 aliphatic rings. The molecule has 5 N–H and O–H groups in total. The molecule has 8 heteroatoms. The zero-order chi connectivity index (χ0) is 12.3. The summed E-state index contributed by atoms with van der Waals surface area (Å²) in [4.78, 5) is 0. The van der Waals surface area contributed by atoms with E-state index < -0.39 is 24.5 Å². The van der Waals surface area contributed by atoms with Crippen LogP contribution in [0.25, 0.3) is 0 Å². The summed E-state index contributed by atoms with van der Waals surface area (Å²) >= 11 is 4.94. The van der Waals surface area contributed by atoms with Gasteiger partial charge in [-0.15, -0.1) is 0 Å². The fraction of sp³-hybridized carbons (Fsp3) is 0.875. The summed E-state index contributed by atoms with van der Waals surface area (Å²) in [6, 6.07) is 0. The first-order chi connectivity index (χ1) is 7.47. The van der Waals surface area contributed by atoms with E-state index in [2.05, 4.69) is 10.7 Å². The lowest BCUT2D eigenvalue weighted by Crippen LogP contribution is -2.62. The van der Waals surface area contributed by atoms with Gasteiger partial charge in [-0.3, -0.25) is 5.01 Å². The summed E-state index contributed by atoms with van der Waals surface area (Å²) in [6.07, 6.45) is -4.34. The zero-order valence-corrected chi connectivity index (χ0v) is 9.94. The van der Waals surface area contributed by atoms with Crippen molar-refractivity contribution in [3.8, 4) is 0 Å². The van der Waals surface area contributed by atoms with E-state index in [-0.39, 0.29) is 6.61 Å². The third kappa shape index (κ3) is 3.00. The van der Waals surface area contributed by atoms with Crippen molar-refractivity contribution in [2.24, 2.45) is 0 Å². The second-order valence-corrected chi connectivity index (χ2v) is 3.93. The van der Waals surface area contributed by atoms with Gasteiger partial charge in [-0.2, -0.15) is 0 Å². The Labute approximate surface area is 99.0 Å². The van der Waals surface area contributed by atoms with Crippen molar-refractivity contribution >= 4 is 17.3 Å². The van der Waals surface area contributed by atoms with E-state index in [1.807, 2.05) is 0 Å². The fourth-order valence-electron chi connectivity index (χ4n) is 1.34. The maximum atomic E-state index is 9.62. The molecule has 0 aromatic rings. The Morgan fingerprint density at radius 3 is 2.56 bits per heavy atom. The van der Waals surface area contributed by atoms with E-state index in [0.29, 0.717) is 5.11 Å². The molecule has 94 valence electrons. The molecule has 1 aliphatic heterocycles. The molecule has 0 radical (unpaired) electrons. The standard InChI is InChI=1S/C8H17N3O4S/c1-9-8(16)11(2)10-7-6(14)5(13)4(12)3-15-7/h4-7,10,12-14H,3H2,1-2H3,(H,9,16). The molecule has 1 rings (SSSR count). The molecule has 7 nitrogen and oxygen atoms in total. The zero-order valence-electron chi connectivity index (χ0n) is 9.12. The van der Waals surface area contributed by atoms with Crippen molar-refractivity contribution in [1.82, 2.24) is 15.8 Å². The van der Waals surface area contributed by atoms with E-state index in [0.717, 1.165) is 0 Å². The van der Waals surface area contributed by atoms with Gasteiger partial charge >= 0.3 is 0 Å². The Bertz CT molecular complexity index is 255. The molecular weight excluding hydrogens is 234 g/mol. The van der Waals surface area contributed by atoms with Crippen LogP contribution in [0.3, 0.4) is 0 Å². The van der Waals surface area contributed by atoms with Crippen LogP contribution in [0.5, 0.6) is 0 Å². The lowest BCUT2D eigenvalue weighted by molar-refractivity contribution is -0.203. The van der Waals surface area contributed by atoms with Gasteiger partial charge in [-0.1, -0.05) is 0 Å². The maximum Gasteiger partial charge on any atom is 0.183 e. The highest BCUT2D eigenvalue weighted by molar-refractivity contribution is 7.80. The number of hydrogen-bond donors (Lipinski definition) is 5. The molecular formula is C8H17N3O4S. The molecule has 4 atom stereocenters. The van der Waals surface area contributed by atoms with Crippen LogP contribution >= 0.6 is 12.2 Å². The van der Waals surface area contributed by atoms with Crippen molar-refractivity contribution in [3.63, 3.8) is 0 Å². The Morgan fingerprint density at radius 2 is 2.00 bits per heavy atom. The number of aliphatic hydroxyl groups excluding tert-OH is 3. The second kappa shape index (κ2) is 5.71. The van der Waals surface area contributed by atoms with Crippen LogP contribution in [-0.2, 0) is 4.74 Å². The molecule has 16 heavy (non-hydrogen) atoms. The van der Waals surface area contributed by atoms with Crippen LogP contribution in [0.1, 0.15) is 0 Å². The highest BCUT2D eigenvalue weighted by atomic mass is 32.1. The molecule has 0 saturated carbocycles. The van der Waals surface area contributed by atoms with Crippen LogP contribution in [0, 0.1) is 0 Å². The number of hydrazine groups is 1. The Balaban J connectivity index is 2.51. The number of nitrogens with zero attached hydrogens (tertiary/aromatic N) is 1. The van der Waals surface area contributed by atoms with E-state index in [4.69, 9.17) is 17.0 Å². The van der Waals surface area contributed by atoms with E-state index >= 15 is 0 Å². The van der Waals surface area contributed by atoms with E-state index in [1.54, 1.807) is 14.1 Å². The molecule has 0 bridgehead atoms. The topological polar surface area (TPSA) is 97.2 Å². The first kappa shape index (κ1) is 13.6. The van der Waals surface area contributed by atoms with Crippen molar-refractivity contribution in [1.29, 1.82) is 0 Å². The van der Waals surface area contributed by atoms with Gasteiger partial charge in [0.05, 0.1) is 6.61 Å². The largest absolute Gasteiger partial charge is 0.388 e. The van der Waals surface area contributed by atoms with Crippen LogP contribution in [0.2, 0.25) is 0 Å². The smallest absolute Gasteiger partial charge is 0.183 e. The minimum atomic E-state index is -1.23. The molecule has 0 aliphatic carbocycles. The molecule has 0 spiro atoms. The third-order valence-electron chi connectivity index (χ3n) is 2.34. The minimum absolute atomic E-state index is 0.0456. The van der Waals surface area contributed by atoms with Gasteiger partial charge in [0.2, 0.25) is 0 Å². The molecule has 1 heterocycles. The first-order valence-corrected chi connectivity index (χ1v) is 5.25. The average molecular weight is 251 g/mol. The summed E-state index contributed by atoms with van der Waals surface area (Å²) in [5, 5.41) is 32.9. The lowest BCUT2D eigenvalue weighted by atomic mass is 10.0. The van der Waals surface area contributed by atoms with E-state index in [1.165, 1.54) is 5.01 Å². The number of ether oxygens (including phenoxy) is 1. The highest BCUT2D eigenvalue weighted by Crippen LogP contribution is 2.13. The Hall–Kier alpha value is -0.510. The SMILES string of the molecule is CNC(=S)N(C)NC1OCC(O)C(O)C1O. The molecule has 1 saturated heterocycles. The fourth-order valence-corrected chi connectivity index (χ4v) is 1.39. The molecule has 0 aromatic carbocycles. The summed E-state index contributed by atoms with van der Waals surface area (Å²) < 4.78 is 5.14. The third-order valence-corrected chi connectivity index (χ3v) is 2.82. The van der Waals surface area contributed by atoms with Gasteiger partial charge in [-0.05, 0) is 12.2 Å². The highest BCUT2D eigenvalue weighted by Gasteiger charge is 2.38. The number of rotatable bonds is 2. The monoisotopic (exact) mass is 251 g/mol. The van der Waals surface area contributed by atoms with Crippen molar-refractivity contribution < 1.29 is 20.1 Å². The van der Waals surface area contributed by atoms with Gasteiger partial charge in [0.25, 0.3) is 0 Å². The van der Waals surface area contributed by atoms with Crippen LogP contribution < -0.4 is 10.7 Å². The number of hydrogen-bond acceptors (Lipinski definition) is 6. The first-order valence-electron chi connectivity index (χ1n) is 4.84. The summed E-state index contributed by atoms with van der Waals surface area (Å²) in [5.41, 5.74) is 2.76. The summed E-state index contributed by atoms with van der Waals surface area (Å²) in [6.45, 7) is -0.0456. The van der Waals surface area contributed by atoms with Gasteiger partial charge < -0.3 is 25.4 Å². The van der Waals surface area contributed by atoms with Crippen molar-refractivity contribution in [2.45, 2.75) is 24.5 Å². The van der Waals surface area contributed by atoms with Crippen molar-refractivity contribution in [3.05, 3.63) is 0 Å². The summed E-state index contributed by atoms with van der Waals surface area (Å²) in [7, 11) is 3.31. The Morgan fingerprint density at radius 1 is 1.38 bits per heavy atom. The van der Waals surface area contributed by atoms with Crippen molar-refractivity contribution in [2.75, 3.05) is 20.7 Å². The number of nitrogens with one attached hydrogen (secondary N) is 2. The van der Waals surface area contributed by atoms with Crippen LogP contribution in [0.15, 0.2) is 0 Å². The average Bonchev–Trinajstić information content (AvgIpc) is 2.28. The predicted molar refractivity (Wildman–Crippen MR) is 60.3 cm³/mol. The van der Waals surface area contributed by atoms with Crippen LogP contribution in [0.4, 0.5) is 0 Å². The molecule has 0 amide bonds. The quantitative estimate of drug-likeness (QED) is 0.269. The van der Waals surface area contributed by atoms with Gasteiger partial charge in [0, 0.05) is 14.1 Å². The van der Waals surface area contributed by atoms with Crippen LogP contribution in [-0.4, -0.2) is 70.7 Å². The van der Waals surface area contributed by atoms with Gasteiger partial charge in [0.1, 0.15) is 18.3 Å². The second-order valence-electron chi connectivity index (χ2n) is 3.55. The normalized spacial score (nSPS) is 34.6. The lowest BCUT2D eigenvalue weighted by Gasteiger charge is -2.37. The Kier molecular flexibility index (Phi) is 4.84. The number of aliphatic hydroxyl groups is 3. The summed E-state index contributed by atoms with van der Waals surface area (Å²) in [5.74, 6) is 0. The molecule has 1 fully saturated rings. The van der Waals surface area contributed by atoms with Gasteiger partial charge in [-0.25, -0.2) is 5.43 Å². The predicted octanol–water partition coefficient (Wildman–Crippen LogP) is -2.63. The van der Waals surface area contributed by atoms with Gasteiger partial charge in [0.15, 0.2) is 11.3 Å². The molecule has 0 aromatic heterocycles. The molecule has 4 unspecified atom stereocenters. The number of thiocarbonyl (C=S) groups is 1. The maximum absolute atomic E-state index is 9.62. The minimum Gasteiger partial charge on any atom is -0.388 e. The van der Waals surface area contributed by atoms with E-state index in [9.17, 15) is 15.3 Å².